The molecule has 0 atom stereocenters. The van der Waals surface area contributed by atoms with E-state index in [1.165, 1.54) is 12.8 Å². The van der Waals surface area contributed by atoms with Crippen molar-refractivity contribution < 1.29 is 4.74 Å². The second-order valence-electron chi connectivity index (χ2n) is 3.57. The van der Waals surface area contributed by atoms with Crippen LogP contribution in [0.25, 0.3) is 0 Å². The molecule has 1 aromatic rings. The van der Waals surface area contributed by atoms with Crippen LogP contribution < -0.4 is 15.8 Å². The van der Waals surface area contributed by atoms with Crippen LogP contribution in [0.5, 0.6) is 5.75 Å². The summed E-state index contributed by atoms with van der Waals surface area (Å²) in [6, 6.07) is 7.61. The fourth-order valence-electron chi connectivity index (χ4n) is 1.32. The van der Waals surface area contributed by atoms with Gasteiger partial charge in [0, 0.05) is 5.69 Å². The van der Waals surface area contributed by atoms with E-state index >= 15 is 0 Å². The average Bonchev–Trinajstić information content (AvgIpc) is 2.26. The van der Waals surface area contributed by atoms with Gasteiger partial charge in [0.15, 0.2) is 5.11 Å². The van der Waals surface area contributed by atoms with Crippen LogP contribution in [-0.2, 0) is 0 Å². The van der Waals surface area contributed by atoms with Gasteiger partial charge in [-0.05, 0) is 42.9 Å². The fourth-order valence-corrected chi connectivity index (χ4v) is 1.44. The first-order valence-electron chi connectivity index (χ1n) is 5.51. The molecule has 1 rings (SSSR count). The Kier molecular flexibility index (Phi) is 5.64. The molecule has 0 saturated carbocycles. The monoisotopic (exact) mass is 238 g/mol. The number of hydrogen-bond donors (Lipinski definition) is 2. The topological polar surface area (TPSA) is 47.3 Å². The summed E-state index contributed by atoms with van der Waals surface area (Å²) in [5.41, 5.74) is 6.25. The van der Waals surface area contributed by atoms with Crippen LogP contribution in [0.4, 0.5) is 5.69 Å². The lowest BCUT2D eigenvalue weighted by Crippen LogP contribution is -2.18. The van der Waals surface area contributed by atoms with Crippen LogP contribution in [0.15, 0.2) is 24.3 Å². The van der Waals surface area contributed by atoms with Crippen molar-refractivity contribution in [1.29, 1.82) is 0 Å². The predicted octanol–water partition coefficient (Wildman–Crippen LogP) is 2.91. The molecule has 0 radical (unpaired) electrons. The lowest BCUT2D eigenvalue weighted by molar-refractivity contribution is 0.306. The maximum absolute atomic E-state index is 5.58. The minimum Gasteiger partial charge on any atom is -0.494 e. The van der Waals surface area contributed by atoms with Crippen molar-refractivity contribution in [1.82, 2.24) is 0 Å². The number of unbranched alkanes of at least 4 members (excludes halogenated alkanes) is 2. The maximum Gasteiger partial charge on any atom is 0.168 e. The third-order valence-corrected chi connectivity index (χ3v) is 2.24. The Morgan fingerprint density at radius 2 is 2.00 bits per heavy atom. The number of nitrogens with one attached hydrogen (secondary N) is 1. The molecule has 0 spiro atoms. The second-order valence-corrected chi connectivity index (χ2v) is 4.01. The van der Waals surface area contributed by atoms with Crippen molar-refractivity contribution in [2.24, 2.45) is 5.73 Å². The van der Waals surface area contributed by atoms with Crippen LogP contribution in [-0.4, -0.2) is 11.7 Å². The molecule has 0 aromatic heterocycles. The third-order valence-electron chi connectivity index (χ3n) is 2.14. The van der Waals surface area contributed by atoms with Crippen LogP contribution >= 0.6 is 12.2 Å². The lowest BCUT2D eigenvalue weighted by Gasteiger charge is -2.07. The SMILES string of the molecule is CCCCCOc1ccc(NC(N)=S)cc1. The first-order valence-corrected chi connectivity index (χ1v) is 5.92. The Labute approximate surface area is 102 Å². The third kappa shape index (κ3) is 4.98. The molecule has 3 nitrogen and oxygen atoms in total. The zero-order valence-electron chi connectivity index (χ0n) is 9.53. The summed E-state index contributed by atoms with van der Waals surface area (Å²) >= 11 is 4.74. The van der Waals surface area contributed by atoms with Crippen LogP contribution in [0.2, 0.25) is 0 Å². The van der Waals surface area contributed by atoms with E-state index in [2.05, 4.69) is 12.2 Å². The van der Waals surface area contributed by atoms with Gasteiger partial charge in [-0.15, -0.1) is 0 Å². The summed E-state index contributed by atoms with van der Waals surface area (Å²) in [4.78, 5) is 0. The smallest absolute Gasteiger partial charge is 0.168 e. The highest BCUT2D eigenvalue weighted by Crippen LogP contribution is 2.15. The second kappa shape index (κ2) is 7.06. The molecule has 0 aliphatic heterocycles. The normalized spacial score (nSPS) is 9.81. The van der Waals surface area contributed by atoms with E-state index in [0.717, 1.165) is 24.5 Å². The molecule has 0 fully saturated rings. The predicted molar refractivity (Wildman–Crippen MR) is 71.9 cm³/mol. The van der Waals surface area contributed by atoms with Gasteiger partial charge in [0.25, 0.3) is 0 Å². The Balaban J connectivity index is 2.36. The number of ether oxygens (including phenoxy) is 1. The van der Waals surface area contributed by atoms with E-state index in [1.54, 1.807) is 0 Å². The quantitative estimate of drug-likeness (QED) is 0.591. The van der Waals surface area contributed by atoms with E-state index in [-0.39, 0.29) is 5.11 Å². The van der Waals surface area contributed by atoms with Crippen molar-refractivity contribution in [3.8, 4) is 5.75 Å². The highest BCUT2D eigenvalue weighted by atomic mass is 32.1. The first-order chi connectivity index (χ1) is 7.72. The van der Waals surface area contributed by atoms with Crippen molar-refractivity contribution in [3.05, 3.63) is 24.3 Å². The summed E-state index contributed by atoms with van der Waals surface area (Å²) < 4.78 is 5.58. The van der Waals surface area contributed by atoms with E-state index in [0.29, 0.717) is 0 Å². The minimum absolute atomic E-state index is 0.275. The van der Waals surface area contributed by atoms with E-state index in [1.807, 2.05) is 24.3 Å². The molecule has 4 heteroatoms. The Morgan fingerprint density at radius 1 is 1.31 bits per heavy atom. The standard InChI is InChI=1S/C12H18N2OS/c1-2-3-4-9-15-11-7-5-10(6-8-11)14-12(13)16/h5-8H,2-4,9H2,1H3,(H3,13,14,16). The summed E-state index contributed by atoms with van der Waals surface area (Å²) in [5.74, 6) is 0.879. The highest BCUT2D eigenvalue weighted by molar-refractivity contribution is 7.80. The maximum atomic E-state index is 5.58. The Morgan fingerprint density at radius 3 is 2.56 bits per heavy atom. The fraction of sp³-hybridized carbons (Fsp3) is 0.417. The van der Waals surface area contributed by atoms with Crippen molar-refractivity contribution in [2.75, 3.05) is 11.9 Å². The largest absolute Gasteiger partial charge is 0.494 e. The van der Waals surface area contributed by atoms with Crippen LogP contribution in [0.3, 0.4) is 0 Å². The van der Waals surface area contributed by atoms with E-state index in [9.17, 15) is 0 Å². The number of nitrogens with two attached hydrogens (primary N) is 1. The van der Waals surface area contributed by atoms with Crippen LogP contribution in [0.1, 0.15) is 26.2 Å². The molecule has 0 bridgehead atoms. The van der Waals surface area contributed by atoms with Gasteiger partial charge >= 0.3 is 0 Å². The average molecular weight is 238 g/mol. The minimum atomic E-state index is 0.275. The summed E-state index contributed by atoms with van der Waals surface area (Å²) in [6.45, 7) is 2.95. The molecule has 0 saturated heterocycles. The number of thiocarbonyl (C=S) groups is 1. The molecule has 0 unspecified atom stereocenters. The van der Waals surface area contributed by atoms with Crippen molar-refractivity contribution in [3.63, 3.8) is 0 Å². The lowest BCUT2D eigenvalue weighted by atomic mass is 10.2. The van der Waals surface area contributed by atoms with Gasteiger partial charge in [0.2, 0.25) is 0 Å². The van der Waals surface area contributed by atoms with Gasteiger partial charge in [0.05, 0.1) is 6.61 Å². The first kappa shape index (κ1) is 12.8. The molecule has 0 aliphatic rings. The zero-order valence-corrected chi connectivity index (χ0v) is 10.3. The van der Waals surface area contributed by atoms with Gasteiger partial charge < -0.3 is 15.8 Å². The molecular formula is C12H18N2OS. The molecule has 88 valence electrons. The molecule has 3 N–H and O–H groups in total. The van der Waals surface area contributed by atoms with Gasteiger partial charge in [-0.2, -0.15) is 0 Å². The molecule has 0 aliphatic carbocycles. The van der Waals surface area contributed by atoms with Crippen molar-refractivity contribution >= 4 is 23.0 Å². The molecule has 16 heavy (non-hydrogen) atoms. The van der Waals surface area contributed by atoms with Gasteiger partial charge in [-0.3, -0.25) is 0 Å². The summed E-state index contributed by atoms with van der Waals surface area (Å²) in [7, 11) is 0. The van der Waals surface area contributed by atoms with Gasteiger partial charge in [-0.25, -0.2) is 0 Å². The van der Waals surface area contributed by atoms with Gasteiger partial charge in [0.1, 0.15) is 5.75 Å². The molecule has 0 amide bonds. The van der Waals surface area contributed by atoms with Crippen LogP contribution in [0, 0.1) is 0 Å². The zero-order chi connectivity index (χ0) is 11.8. The summed E-state index contributed by atoms with van der Waals surface area (Å²) in [5, 5.41) is 3.14. The van der Waals surface area contributed by atoms with Crippen molar-refractivity contribution in [2.45, 2.75) is 26.2 Å². The molecule has 1 aromatic carbocycles. The number of rotatable bonds is 6. The number of hydrogen-bond acceptors (Lipinski definition) is 2. The van der Waals surface area contributed by atoms with Gasteiger partial charge in [-0.1, -0.05) is 19.8 Å². The summed E-state index contributed by atoms with van der Waals surface area (Å²) in [6.07, 6.45) is 3.52. The molecule has 0 heterocycles. The number of benzene rings is 1. The highest BCUT2D eigenvalue weighted by Gasteiger charge is 1.95. The van der Waals surface area contributed by atoms with E-state index in [4.69, 9.17) is 22.7 Å². The Hall–Kier alpha value is -1.29. The van der Waals surface area contributed by atoms with E-state index < -0.39 is 0 Å². The molecular weight excluding hydrogens is 220 g/mol. The number of anilines is 1. The Bertz CT molecular complexity index is 324.